The number of piperazine rings is 1. The largest absolute Gasteiger partial charge is 0.329 e. The topological polar surface area (TPSA) is 41.4 Å². The van der Waals surface area contributed by atoms with E-state index in [2.05, 4.69) is 9.88 Å². The zero-order chi connectivity index (χ0) is 11.0. The van der Waals surface area contributed by atoms with Gasteiger partial charge in [0.1, 0.15) is 6.33 Å². The van der Waals surface area contributed by atoms with E-state index in [4.69, 9.17) is 0 Å². The van der Waals surface area contributed by atoms with Crippen molar-refractivity contribution in [3.05, 3.63) is 18.7 Å². The van der Waals surface area contributed by atoms with Crippen LogP contribution in [0.3, 0.4) is 0 Å². The molecular formula is C11H16N4O. The molecule has 1 aromatic heterocycles. The van der Waals surface area contributed by atoms with Gasteiger partial charge in [0.2, 0.25) is 0 Å². The molecule has 1 atom stereocenters. The van der Waals surface area contributed by atoms with Crippen LogP contribution in [-0.4, -0.2) is 57.6 Å². The average molecular weight is 220 g/mol. The Kier molecular flexibility index (Phi) is 2.40. The van der Waals surface area contributed by atoms with Gasteiger partial charge in [0.15, 0.2) is 0 Å². The number of amides is 1. The van der Waals surface area contributed by atoms with Gasteiger partial charge < -0.3 is 4.90 Å². The molecule has 0 aliphatic carbocycles. The van der Waals surface area contributed by atoms with Crippen LogP contribution in [-0.2, 0) is 0 Å². The second kappa shape index (κ2) is 3.90. The number of hydrogen-bond acceptors (Lipinski definition) is 3. The highest BCUT2D eigenvalue weighted by atomic mass is 16.2. The molecule has 2 aliphatic rings. The minimum atomic E-state index is 0.0593. The average Bonchev–Trinajstić information content (AvgIpc) is 2.98. The van der Waals surface area contributed by atoms with Crippen LogP contribution in [0.4, 0.5) is 4.79 Å². The van der Waals surface area contributed by atoms with E-state index < -0.39 is 0 Å². The van der Waals surface area contributed by atoms with Crippen LogP contribution < -0.4 is 0 Å². The summed E-state index contributed by atoms with van der Waals surface area (Å²) < 4.78 is 1.56. The Labute approximate surface area is 94.7 Å². The molecule has 0 saturated carbocycles. The van der Waals surface area contributed by atoms with E-state index in [1.807, 2.05) is 4.90 Å². The van der Waals surface area contributed by atoms with Crippen LogP contribution in [0.1, 0.15) is 12.8 Å². The van der Waals surface area contributed by atoms with Crippen LogP contribution in [0.25, 0.3) is 0 Å². The Bertz CT molecular complexity index is 375. The molecule has 0 bridgehead atoms. The molecule has 1 unspecified atom stereocenters. The molecule has 2 aliphatic heterocycles. The maximum Gasteiger partial charge on any atom is 0.329 e. The lowest BCUT2D eigenvalue weighted by molar-refractivity contribution is 0.118. The third-order valence-electron chi connectivity index (χ3n) is 3.58. The summed E-state index contributed by atoms with van der Waals surface area (Å²) in [4.78, 5) is 20.4. The molecule has 0 aromatic carbocycles. The third-order valence-corrected chi connectivity index (χ3v) is 3.58. The monoisotopic (exact) mass is 220 g/mol. The molecule has 1 amide bonds. The molecule has 86 valence electrons. The van der Waals surface area contributed by atoms with E-state index in [0.717, 1.165) is 19.6 Å². The summed E-state index contributed by atoms with van der Waals surface area (Å²) >= 11 is 0. The quantitative estimate of drug-likeness (QED) is 0.644. The molecular weight excluding hydrogens is 204 g/mol. The van der Waals surface area contributed by atoms with Gasteiger partial charge in [0, 0.05) is 38.1 Å². The number of rotatable bonds is 0. The molecule has 5 nitrogen and oxygen atoms in total. The number of hydrogen-bond donors (Lipinski definition) is 0. The van der Waals surface area contributed by atoms with Crippen molar-refractivity contribution >= 4 is 6.03 Å². The molecule has 3 rings (SSSR count). The van der Waals surface area contributed by atoms with Crippen LogP contribution >= 0.6 is 0 Å². The van der Waals surface area contributed by atoms with Crippen molar-refractivity contribution in [1.82, 2.24) is 19.4 Å². The summed E-state index contributed by atoms with van der Waals surface area (Å²) in [7, 11) is 0. The lowest BCUT2D eigenvalue weighted by Crippen LogP contribution is -2.52. The number of carbonyl (C=O) groups is 1. The van der Waals surface area contributed by atoms with Gasteiger partial charge in [0.25, 0.3) is 0 Å². The van der Waals surface area contributed by atoms with E-state index >= 15 is 0 Å². The Balaban J connectivity index is 1.70. The lowest BCUT2D eigenvalue weighted by Gasteiger charge is -2.37. The maximum atomic E-state index is 12.1. The summed E-state index contributed by atoms with van der Waals surface area (Å²) in [6.07, 6.45) is 7.43. The fourth-order valence-electron chi connectivity index (χ4n) is 2.70. The van der Waals surface area contributed by atoms with Gasteiger partial charge >= 0.3 is 6.03 Å². The summed E-state index contributed by atoms with van der Waals surface area (Å²) in [6, 6.07) is 0.644. The van der Waals surface area contributed by atoms with Crippen LogP contribution in [0.2, 0.25) is 0 Å². The molecule has 2 fully saturated rings. The molecule has 16 heavy (non-hydrogen) atoms. The second-order valence-electron chi connectivity index (χ2n) is 4.53. The van der Waals surface area contributed by atoms with Crippen molar-refractivity contribution in [1.29, 1.82) is 0 Å². The fraction of sp³-hybridized carbons (Fsp3) is 0.636. The lowest BCUT2D eigenvalue weighted by atomic mass is 10.2. The van der Waals surface area contributed by atoms with Crippen molar-refractivity contribution < 1.29 is 4.79 Å². The van der Waals surface area contributed by atoms with Gasteiger partial charge in [0.05, 0.1) is 0 Å². The number of nitrogens with zero attached hydrogens (tertiary/aromatic N) is 4. The van der Waals surface area contributed by atoms with Gasteiger partial charge in [-0.15, -0.1) is 0 Å². The molecule has 2 saturated heterocycles. The zero-order valence-electron chi connectivity index (χ0n) is 9.25. The van der Waals surface area contributed by atoms with E-state index in [9.17, 15) is 4.79 Å². The molecule has 0 radical (unpaired) electrons. The molecule has 3 heterocycles. The van der Waals surface area contributed by atoms with E-state index in [-0.39, 0.29) is 6.03 Å². The molecule has 5 heteroatoms. The van der Waals surface area contributed by atoms with Gasteiger partial charge in [-0.3, -0.25) is 9.47 Å². The van der Waals surface area contributed by atoms with Gasteiger partial charge in [-0.2, -0.15) is 0 Å². The Morgan fingerprint density at radius 1 is 1.31 bits per heavy atom. The summed E-state index contributed by atoms with van der Waals surface area (Å²) in [6.45, 7) is 3.94. The molecule has 0 spiro atoms. The summed E-state index contributed by atoms with van der Waals surface area (Å²) in [5.41, 5.74) is 0. The van der Waals surface area contributed by atoms with Crippen LogP contribution in [0.15, 0.2) is 18.7 Å². The Morgan fingerprint density at radius 2 is 2.25 bits per heavy atom. The van der Waals surface area contributed by atoms with Crippen molar-refractivity contribution in [2.24, 2.45) is 0 Å². The first-order chi connectivity index (χ1) is 7.84. The SMILES string of the molecule is O=C(N1CCN2CCCC2C1)n1ccnc1. The number of aromatic nitrogens is 2. The highest BCUT2D eigenvalue weighted by Gasteiger charge is 2.32. The van der Waals surface area contributed by atoms with Crippen LogP contribution in [0.5, 0.6) is 0 Å². The maximum absolute atomic E-state index is 12.1. The van der Waals surface area contributed by atoms with Crippen molar-refractivity contribution in [2.45, 2.75) is 18.9 Å². The van der Waals surface area contributed by atoms with E-state index in [1.54, 1.807) is 23.3 Å². The Hall–Kier alpha value is -1.36. The number of carbonyl (C=O) groups excluding carboxylic acids is 1. The summed E-state index contributed by atoms with van der Waals surface area (Å²) in [5, 5.41) is 0. The second-order valence-corrected chi connectivity index (χ2v) is 4.53. The van der Waals surface area contributed by atoms with Crippen molar-refractivity contribution in [2.75, 3.05) is 26.2 Å². The fourth-order valence-corrected chi connectivity index (χ4v) is 2.70. The van der Waals surface area contributed by atoms with Crippen LogP contribution in [0, 0.1) is 0 Å². The highest BCUT2D eigenvalue weighted by molar-refractivity contribution is 5.76. The third kappa shape index (κ3) is 1.61. The highest BCUT2D eigenvalue weighted by Crippen LogP contribution is 2.21. The smallest absolute Gasteiger partial charge is 0.321 e. The van der Waals surface area contributed by atoms with Crippen molar-refractivity contribution in [3.63, 3.8) is 0 Å². The molecule has 1 aromatic rings. The standard InChI is InChI=1S/C11H16N4O/c16-11(15-5-3-12-9-15)14-7-6-13-4-1-2-10(13)8-14/h3,5,9-10H,1-2,4,6-8H2. The summed E-state index contributed by atoms with van der Waals surface area (Å²) in [5.74, 6) is 0. The first kappa shape index (κ1) is 9.84. The van der Waals surface area contributed by atoms with Gasteiger partial charge in [-0.05, 0) is 19.4 Å². The van der Waals surface area contributed by atoms with Gasteiger partial charge in [-0.1, -0.05) is 0 Å². The first-order valence-electron chi connectivity index (χ1n) is 5.86. The van der Waals surface area contributed by atoms with Gasteiger partial charge in [-0.25, -0.2) is 9.78 Å². The van der Waals surface area contributed by atoms with Crippen molar-refractivity contribution in [3.8, 4) is 0 Å². The normalized spacial score (nSPS) is 25.8. The predicted octanol–water partition coefficient (Wildman–Crippen LogP) is 0.631. The Morgan fingerprint density at radius 3 is 3.06 bits per heavy atom. The predicted molar refractivity (Wildman–Crippen MR) is 59.2 cm³/mol. The number of imidazole rings is 1. The number of fused-ring (bicyclic) bond motifs is 1. The van der Waals surface area contributed by atoms with E-state index in [0.29, 0.717) is 6.04 Å². The van der Waals surface area contributed by atoms with E-state index in [1.165, 1.54) is 19.4 Å². The first-order valence-corrected chi connectivity index (χ1v) is 5.86. The minimum absolute atomic E-state index is 0.0593. The minimum Gasteiger partial charge on any atom is -0.321 e. The zero-order valence-corrected chi connectivity index (χ0v) is 9.25. The molecule has 0 N–H and O–H groups in total.